The van der Waals surface area contributed by atoms with E-state index in [1.807, 2.05) is 70.4 Å². The number of likely N-dealkylation sites (tertiary alicyclic amines) is 1. The van der Waals surface area contributed by atoms with Gasteiger partial charge in [0.05, 0.1) is 11.4 Å². The van der Waals surface area contributed by atoms with Crippen LogP contribution in [0.5, 0.6) is 0 Å². The molecule has 12 nitrogen and oxygen atoms in total. The lowest BCUT2D eigenvalue weighted by atomic mass is 9.89. The molecule has 0 saturated carbocycles. The number of benzene rings is 1. The number of primary amides is 1. The van der Waals surface area contributed by atoms with Crippen LogP contribution < -0.4 is 17.0 Å². The number of nitrogen functional groups attached to an aromatic ring is 1. The van der Waals surface area contributed by atoms with Crippen molar-refractivity contribution in [3.63, 3.8) is 0 Å². The van der Waals surface area contributed by atoms with Crippen LogP contribution in [0, 0.1) is 5.92 Å². The SMILES string of the molecule is CC(C)C(=O)N1CCC(c2cc(-c3ccc(C4CCCn5c4c(C(N)=O)c(=O)n5-c4ccccc4)nc3)c3c(N)ncnn23)CC1. The van der Waals surface area contributed by atoms with Crippen LogP contribution in [0.4, 0.5) is 5.82 Å². The number of hydrogen-bond acceptors (Lipinski definition) is 7. The van der Waals surface area contributed by atoms with Crippen molar-refractivity contribution in [1.29, 1.82) is 0 Å². The number of fused-ring (bicyclic) bond motifs is 2. The van der Waals surface area contributed by atoms with Gasteiger partial charge in [0, 0.05) is 66.1 Å². The van der Waals surface area contributed by atoms with E-state index in [1.165, 1.54) is 6.33 Å². The predicted octanol–water partition coefficient (Wildman–Crippen LogP) is 3.71. The number of hydrogen-bond donors (Lipinski definition) is 2. The topological polar surface area (TPSA) is 159 Å². The Balaban J connectivity index is 1.24. The molecule has 4 N–H and O–H groups in total. The number of nitrogens with two attached hydrogens (primary N) is 2. The van der Waals surface area contributed by atoms with Gasteiger partial charge in [0.1, 0.15) is 17.4 Å². The number of aromatic nitrogens is 6. The Hall–Kier alpha value is -5.26. The number of amides is 2. The third kappa shape index (κ3) is 4.84. The summed E-state index contributed by atoms with van der Waals surface area (Å²) in [6.07, 6.45) is 6.47. The third-order valence-corrected chi connectivity index (χ3v) is 9.41. The zero-order valence-electron chi connectivity index (χ0n) is 26.0. The average Bonchev–Trinajstić information content (AvgIpc) is 3.61. The molecule has 0 bridgehead atoms. The fraction of sp³-hybridized carbons (Fsp3) is 0.353. The largest absolute Gasteiger partial charge is 0.382 e. The number of anilines is 1. The first kappa shape index (κ1) is 29.5. The predicted molar refractivity (Wildman–Crippen MR) is 174 cm³/mol. The Labute approximate surface area is 265 Å². The number of pyridine rings is 1. The first-order valence-electron chi connectivity index (χ1n) is 15.8. The summed E-state index contributed by atoms with van der Waals surface area (Å²) in [7, 11) is 0. The molecule has 0 radical (unpaired) electrons. The summed E-state index contributed by atoms with van der Waals surface area (Å²) in [5.41, 5.74) is 17.3. The molecule has 6 heterocycles. The fourth-order valence-electron chi connectivity index (χ4n) is 7.20. The van der Waals surface area contributed by atoms with Crippen molar-refractivity contribution in [3.8, 4) is 16.8 Å². The van der Waals surface area contributed by atoms with E-state index in [-0.39, 0.29) is 29.2 Å². The molecule has 0 spiro atoms. The summed E-state index contributed by atoms with van der Waals surface area (Å²) in [5.74, 6) is -0.277. The monoisotopic (exact) mass is 619 g/mol. The summed E-state index contributed by atoms with van der Waals surface area (Å²) >= 11 is 0. The zero-order valence-corrected chi connectivity index (χ0v) is 26.0. The molecule has 236 valence electrons. The molecular formula is C34H37N9O3. The number of rotatable bonds is 6. The van der Waals surface area contributed by atoms with Crippen molar-refractivity contribution >= 4 is 23.1 Å². The second-order valence-corrected chi connectivity index (χ2v) is 12.5. The van der Waals surface area contributed by atoms with E-state index in [1.54, 1.807) is 10.9 Å². The summed E-state index contributed by atoms with van der Waals surface area (Å²) < 4.78 is 5.31. The Kier molecular flexibility index (Phi) is 7.42. The second kappa shape index (κ2) is 11.6. The Bertz CT molecular complexity index is 2000. The van der Waals surface area contributed by atoms with Crippen molar-refractivity contribution < 1.29 is 9.59 Å². The maximum atomic E-state index is 13.6. The second-order valence-electron chi connectivity index (χ2n) is 12.5. The van der Waals surface area contributed by atoms with E-state index in [0.717, 1.165) is 53.7 Å². The first-order chi connectivity index (χ1) is 22.2. The third-order valence-electron chi connectivity index (χ3n) is 9.41. The van der Waals surface area contributed by atoms with Gasteiger partial charge in [0.25, 0.3) is 11.5 Å². The summed E-state index contributed by atoms with van der Waals surface area (Å²) in [4.78, 5) is 49.9. The molecule has 0 aliphatic carbocycles. The summed E-state index contributed by atoms with van der Waals surface area (Å²) in [5, 5.41) is 4.57. The molecule has 5 aromatic rings. The van der Waals surface area contributed by atoms with Gasteiger partial charge < -0.3 is 16.4 Å². The van der Waals surface area contributed by atoms with Crippen LogP contribution in [0.25, 0.3) is 22.3 Å². The molecule has 1 saturated heterocycles. The standard InChI is InChI=1S/C34H37N9O3/c1-20(2)33(45)40-15-12-21(13-16-40)27-17-25(30-31(35)38-19-39-42(27)30)22-10-11-26(37-18-22)24-9-6-14-41-29(24)28(32(36)44)34(46)43(41)23-7-4-3-5-8-23/h3-5,7-8,10-11,17-21,24H,6,9,12-16H2,1-2H3,(H2,36,44)(H2,35,38,39). The molecule has 12 heteroatoms. The van der Waals surface area contributed by atoms with Crippen LogP contribution in [-0.2, 0) is 11.3 Å². The highest BCUT2D eigenvalue weighted by atomic mass is 16.2. The molecule has 2 amide bonds. The lowest BCUT2D eigenvalue weighted by molar-refractivity contribution is -0.135. The van der Waals surface area contributed by atoms with Crippen molar-refractivity contribution in [1.82, 2.24) is 33.8 Å². The molecule has 1 atom stereocenters. The highest BCUT2D eigenvalue weighted by Gasteiger charge is 2.34. The quantitative estimate of drug-likeness (QED) is 0.293. The molecule has 46 heavy (non-hydrogen) atoms. The van der Waals surface area contributed by atoms with Gasteiger partial charge in [0.15, 0.2) is 5.82 Å². The summed E-state index contributed by atoms with van der Waals surface area (Å²) in [6, 6.07) is 15.3. The van der Waals surface area contributed by atoms with Crippen molar-refractivity contribution in [2.75, 3.05) is 18.8 Å². The van der Waals surface area contributed by atoms with Gasteiger partial charge >= 0.3 is 0 Å². The first-order valence-corrected chi connectivity index (χ1v) is 15.8. The Morgan fingerprint density at radius 2 is 1.74 bits per heavy atom. The maximum Gasteiger partial charge on any atom is 0.284 e. The highest BCUT2D eigenvalue weighted by molar-refractivity contribution is 5.94. The average molecular weight is 620 g/mol. The van der Waals surface area contributed by atoms with Crippen LogP contribution in [-0.4, -0.2) is 58.7 Å². The van der Waals surface area contributed by atoms with E-state index in [9.17, 15) is 14.4 Å². The maximum absolute atomic E-state index is 13.6. The van der Waals surface area contributed by atoms with E-state index in [0.29, 0.717) is 36.8 Å². The fourth-order valence-corrected chi connectivity index (χ4v) is 7.20. The molecule has 1 fully saturated rings. The van der Waals surface area contributed by atoms with Gasteiger partial charge in [-0.3, -0.25) is 24.0 Å². The van der Waals surface area contributed by atoms with E-state index in [2.05, 4.69) is 16.1 Å². The number of para-hydroxylation sites is 1. The van der Waals surface area contributed by atoms with Crippen molar-refractivity contribution in [2.45, 2.75) is 57.9 Å². The minimum atomic E-state index is -0.741. The zero-order chi connectivity index (χ0) is 32.1. The molecule has 2 aliphatic heterocycles. The Morgan fingerprint density at radius 3 is 2.41 bits per heavy atom. The highest BCUT2D eigenvalue weighted by Crippen LogP contribution is 2.39. The van der Waals surface area contributed by atoms with Crippen LogP contribution in [0.3, 0.4) is 0 Å². The van der Waals surface area contributed by atoms with Gasteiger partial charge in [-0.2, -0.15) is 5.10 Å². The minimum Gasteiger partial charge on any atom is -0.382 e. The van der Waals surface area contributed by atoms with Gasteiger partial charge in [-0.1, -0.05) is 38.1 Å². The van der Waals surface area contributed by atoms with Gasteiger partial charge in [-0.25, -0.2) is 14.2 Å². The Morgan fingerprint density at radius 1 is 0.978 bits per heavy atom. The van der Waals surface area contributed by atoms with Crippen molar-refractivity contribution in [2.24, 2.45) is 11.7 Å². The lowest BCUT2D eigenvalue weighted by Crippen LogP contribution is -2.40. The summed E-state index contributed by atoms with van der Waals surface area (Å²) in [6.45, 7) is 5.86. The van der Waals surface area contributed by atoms with Crippen LogP contribution in [0.15, 0.2) is 65.8 Å². The van der Waals surface area contributed by atoms with E-state index >= 15 is 0 Å². The van der Waals surface area contributed by atoms with Gasteiger partial charge in [0.2, 0.25) is 5.91 Å². The van der Waals surface area contributed by atoms with Crippen molar-refractivity contribution in [3.05, 3.63) is 94.1 Å². The van der Waals surface area contributed by atoms with Gasteiger partial charge in [-0.15, -0.1) is 0 Å². The van der Waals surface area contributed by atoms with Crippen LogP contribution >= 0.6 is 0 Å². The van der Waals surface area contributed by atoms with Gasteiger partial charge in [-0.05, 0) is 49.9 Å². The number of carbonyl (C=O) groups excluding carboxylic acids is 2. The molecular weight excluding hydrogens is 582 g/mol. The lowest BCUT2D eigenvalue weighted by Gasteiger charge is -2.33. The molecule has 1 unspecified atom stereocenters. The number of piperidine rings is 1. The number of carbonyl (C=O) groups is 2. The molecule has 2 aliphatic rings. The smallest absolute Gasteiger partial charge is 0.284 e. The molecule has 1 aromatic carbocycles. The molecule has 4 aromatic heterocycles. The minimum absolute atomic E-state index is 0.00793. The number of nitrogens with zero attached hydrogens (tertiary/aromatic N) is 7. The van der Waals surface area contributed by atoms with Crippen LogP contribution in [0.2, 0.25) is 0 Å². The normalized spacial score (nSPS) is 17.0. The van der Waals surface area contributed by atoms with E-state index < -0.39 is 11.5 Å². The van der Waals surface area contributed by atoms with E-state index in [4.69, 9.17) is 16.5 Å². The molecule has 7 rings (SSSR count). The van der Waals surface area contributed by atoms with Crippen LogP contribution in [0.1, 0.15) is 78.8 Å².